The van der Waals surface area contributed by atoms with Crippen molar-refractivity contribution in [2.45, 2.75) is 20.4 Å². The molecule has 0 spiro atoms. The third kappa shape index (κ3) is 4.81. The van der Waals surface area contributed by atoms with E-state index in [1.165, 1.54) is 24.3 Å². The van der Waals surface area contributed by atoms with Crippen molar-refractivity contribution in [3.63, 3.8) is 0 Å². The van der Waals surface area contributed by atoms with Crippen LogP contribution in [0.25, 0.3) is 22.0 Å². The highest BCUT2D eigenvalue weighted by Gasteiger charge is 2.18. The summed E-state index contributed by atoms with van der Waals surface area (Å²) in [4.78, 5) is 30.1. The van der Waals surface area contributed by atoms with Gasteiger partial charge in [-0.25, -0.2) is 18.6 Å². The number of anilines is 3. The van der Waals surface area contributed by atoms with Gasteiger partial charge in [-0.05, 0) is 55.8 Å². The van der Waals surface area contributed by atoms with E-state index in [1.807, 2.05) is 6.92 Å². The van der Waals surface area contributed by atoms with Gasteiger partial charge in [0.15, 0.2) is 0 Å². The normalized spacial score (nSPS) is 10.9. The predicted octanol–water partition coefficient (Wildman–Crippen LogP) is 6.01. The van der Waals surface area contributed by atoms with E-state index in [4.69, 9.17) is 11.6 Å². The number of aromatic nitrogens is 2. The quantitative estimate of drug-likeness (QED) is 0.315. The maximum absolute atomic E-state index is 14.7. The summed E-state index contributed by atoms with van der Waals surface area (Å²) in [5.74, 6) is -0.573. The summed E-state index contributed by atoms with van der Waals surface area (Å²) in [7, 11) is 1.73. The number of hydrogen-bond acceptors (Lipinski definition) is 4. The molecule has 35 heavy (non-hydrogen) atoms. The SMILES string of the molecule is CCn1c(=O)c(-c2cc(NC(=O)Nc3ccc(F)c(C)c3)c(F)cc2Cl)cc2cnc(NC)cc21. The van der Waals surface area contributed by atoms with Gasteiger partial charge in [0.05, 0.1) is 16.2 Å². The number of aryl methyl sites for hydroxylation is 2. The molecule has 2 aromatic heterocycles. The van der Waals surface area contributed by atoms with Crippen LogP contribution in [0.3, 0.4) is 0 Å². The largest absolute Gasteiger partial charge is 0.373 e. The lowest BCUT2D eigenvalue weighted by atomic mass is 10.0. The fourth-order valence-corrected chi connectivity index (χ4v) is 4.03. The van der Waals surface area contributed by atoms with Crippen LogP contribution in [0.4, 0.5) is 30.8 Å². The van der Waals surface area contributed by atoms with Gasteiger partial charge in [0, 0.05) is 48.1 Å². The topological polar surface area (TPSA) is 88.1 Å². The van der Waals surface area contributed by atoms with E-state index in [0.717, 1.165) is 6.07 Å². The minimum Gasteiger partial charge on any atom is -0.373 e. The van der Waals surface area contributed by atoms with Gasteiger partial charge in [-0.2, -0.15) is 0 Å². The van der Waals surface area contributed by atoms with Gasteiger partial charge < -0.3 is 20.5 Å². The third-order valence-electron chi connectivity index (χ3n) is 5.56. The monoisotopic (exact) mass is 497 g/mol. The minimum atomic E-state index is -0.777. The summed E-state index contributed by atoms with van der Waals surface area (Å²) < 4.78 is 29.7. The number of pyridine rings is 2. The average molecular weight is 498 g/mol. The predicted molar refractivity (Wildman–Crippen MR) is 135 cm³/mol. The van der Waals surface area contributed by atoms with E-state index in [0.29, 0.717) is 34.5 Å². The standard InChI is InChI=1S/C25H22ClF2N5O2/c1-4-33-22-11-23(29-3)30-12-14(22)8-17(24(33)34)16-9-21(20(28)10-18(16)26)32-25(35)31-15-5-6-19(27)13(2)7-15/h5-12H,4H2,1-3H3,(H,29,30)(H2,31,32,35). The highest BCUT2D eigenvalue weighted by molar-refractivity contribution is 6.33. The molecule has 0 saturated carbocycles. The molecule has 0 bridgehead atoms. The average Bonchev–Trinajstić information content (AvgIpc) is 2.82. The Morgan fingerprint density at radius 1 is 1.06 bits per heavy atom. The maximum Gasteiger partial charge on any atom is 0.323 e. The number of nitrogens with one attached hydrogen (secondary N) is 3. The molecule has 2 aromatic carbocycles. The summed E-state index contributed by atoms with van der Waals surface area (Å²) in [6.45, 7) is 3.79. The van der Waals surface area contributed by atoms with Crippen LogP contribution < -0.4 is 21.5 Å². The van der Waals surface area contributed by atoms with Crippen LogP contribution in [0.2, 0.25) is 5.02 Å². The first-order valence-corrected chi connectivity index (χ1v) is 11.1. The first kappa shape index (κ1) is 24.2. The molecule has 10 heteroatoms. The molecule has 2 amide bonds. The number of hydrogen-bond donors (Lipinski definition) is 3. The first-order valence-electron chi connectivity index (χ1n) is 10.8. The van der Waals surface area contributed by atoms with Gasteiger partial charge in [-0.3, -0.25) is 4.79 Å². The summed E-state index contributed by atoms with van der Waals surface area (Å²) in [6.07, 6.45) is 1.63. The highest BCUT2D eigenvalue weighted by atomic mass is 35.5. The number of carbonyl (C=O) groups excluding carboxylic acids is 1. The molecule has 0 unspecified atom stereocenters. The minimum absolute atomic E-state index is 0.0153. The van der Waals surface area contributed by atoms with E-state index >= 15 is 0 Å². The van der Waals surface area contributed by atoms with Gasteiger partial charge in [0.25, 0.3) is 5.56 Å². The Bertz CT molecular complexity index is 1520. The van der Waals surface area contributed by atoms with Crippen molar-refractivity contribution in [1.29, 1.82) is 0 Å². The van der Waals surface area contributed by atoms with Crippen molar-refractivity contribution in [2.24, 2.45) is 0 Å². The van der Waals surface area contributed by atoms with Crippen LogP contribution in [0.15, 0.2) is 53.5 Å². The van der Waals surface area contributed by atoms with Crippen molar-refractivity contribution in [2.75, 3.05) is 23.0 Å². The molecule has 3 N–H and O–H groups in total. The van der Waals surface area contributed by atoms with Gasteiger partial charge in [0.2, 0.25) is 0 Å². The molecular weight excluding hydrogens is 476 g/mol. The van der Waals surface area contributed by atoms with Crippen molar-refractivity contribution in [3.05, 3.63) is 81.2 Å². The first-order chi connectivity index (χ1) is 16.7. The van der Waals surface area contributed by atoms with E-state index < -0.39 is 17.7 Å². The Hall–Kier alpha value is -3.98. The van der Waals surface area contributed by atoms with Gasteiger partial charge >= 0.3 is 6.03 Å². The number of amides is 2. The van der Waals surface area contributed by atoms with Crippen LogP contribution in [-0.4, -0.2) is 22.6 Å². The fraction of sp³-hybridized carbons (Fsp3) is 0.160. The summed E-state index contributed by atoms with van der Waals surface area (Å²) in [5.41, 5.74) is 1.37. The van der Waals surface area contributed by atoms with E-state index in [9.17, 15) is 18.4 Å². The van der Waals surface area contributed by atoms with Gasteiger partial charge in [0.1, 0.15) is 17.5 Å². The van der Waals surface area contributed by atoms with Crippen LogP contribution in [0, 0.1) is 18.6 Å². The third-order valence-corrected chi connectivity index (χ3v) is 5.87. The van der Waals surface area contributed by atoms with Crippen molar-refractivity contribution >= 4 is 45.7 Å². The zero-order chi connectivity index (χ0) is 25.3. The van der Waals surface area contributed by atoms with E-state index in [2.05, 4.69) is 20.9 Å². The number of fused-ring (bicyclic) bond motifs is 1. The number of benzene rings is 2. The van der Waals surface area contributed by atoms with Gasteiger partial charge in [-0.15, -0.1) is 0 Å². The Morgan fingerprint density at radius 2 is 1.83 bits per heavy atom. The number of nitrogens with zero attached hydrogens (tertiary/aromatic N) is 2. The molecule has 180 valence electrons. The molecule has 0 aliphatic heterocycles. The highest BCUT2D eigenvalue weighted by Crippen LogP contribution is 2.33. The van der Waals surface area contributed by atoms with Gasteiger partial charge in [-0.1, -0.05) is 11.6 Å². The number of halogens is 3. The molecular formula is C25H22ClF2N5O2. The number of rotatable bonds is 5. The molecule has 0 aliphatic rings. The molecule has 0 atom stereocenters. The molecule has 0 aliphatic carbocycles. The number of urea groups is 1. The van der Waals surface area contributed by atoms with Crippen LogP contribution in [0.5, 0.6) is 0 Å². The second-order valence-corrected chi connectivity index (χ2v) is 8.25. The molecule has 0 saturated heterocycles. The van der Waals surface area contributed by atoms with Crippen molar-refractivity contribution < 1.29 is 13.6 Å². The second kappa shape index (κ2) is 9.71. The molecule has 4 rings (SSSR count). The van der Waals surface area contributed by atoms with Crippen molar-refractivity contribution in [3.8, 4) is 11.1 Å². The second-order valence-electron chi connectivity index (χ2n) is 7.84. The number of carbonyl (C=O) groups is 1. The molecule has 0 fully saturated rings. The van der Waals surface area contributed by atoms with E-state index in [-0.39, 0.29) is 27.4 Å². The smallest absolute Gasteiger partial charge is 0.323 e. The Morgan fingerprint density at radius 3 is 2.51 bits per heavy atom. The van der Waals surface area contributed by atoms with Crippen LogP contribution in [0.1, 0.15) is 12.5 Å². The summed E-state index contributed by atoms with van der Waals surface area (Å²) >= 11 is 6.32. The fourth-order valence-electron chi connectivity index (χ4n) is 3.77. The zero-order valence-electron chi connectivity index (χ0n) is 19.2. The molecule has 7 nitrogen and oxygen atoms in total. The Balaban J connectivity index is 1.73. The Labute approximate surface area is 204 Å². The lowest BCUT2D eigenvalue weighted by Gasteiger charge is -2.15. The lowest BCUT2D eigenvalue weighted by Crippen LogP contribution is -2.22. The Kier molecular flexibility index (Phi) is 6.70. The van der Waals surface area contributed by atoms with Crippen LogP contribution >= 0.6 is 11.6 Å². The van der Waals surface area contributed by atoms with Crippen LogP contribution in [-0.2, 0) is 6.54 Å². The van der Waals surface area contributed by atoms with E-state index in [1.54, 1.807) is 36.9 Å². The summed E-state index contributed by atoms with van der Waals surface area (Å²) in [6, 6.07) is 9.08. The molecule has 2 heterocycles. The molecule has 0 radical (unpaired) electrons. The van der Waals surface area contributed by atoms with Crippen molar-refractivity contribution in [1.82, 2.24) is 9.55 Å². The lowest BCUT2D eigenvalue weighted by molar-refractivity contribution is 0.262. The molecule has 4 aromatic rings. The summed E-state index contributed by atoms with van der Waals surface area (Å²) in [5, 5.41) is 8.61. The zero-order valence-corrected chi connectivity index (χ0v) is 19.9. The maximum atomic E-state index is 14.7.